The first kappa shape index (κ1) is 16.7. The molecule has 0 bridgehead atoms. The highest BCUT2D eigenvalue weighted by Crippen LogP contribution is 2.21. The molecule has 1 fully saturated rings. The monoisotopic (exact) mass is 350 g/mol. The molecule has 0 amide bonds. The number of aromatic nitrogens is 5. The maximum Gasteiger partial charge on any atom is 0.266 e. The second-order valence-electron chi connectivity index (χ2n) is 6.77. The minimum absolute atomic E-state index is 0.0625. The molecule has 0 N–H and O–H groups in total. The first-order valence-corrected chi connectivity index (χ1v) is 8.88. The summed E-state index contributed by atoms with van der Waals surface area (Å²) in [6, 6.07) is 7.48. The van der Waals surface area contributed by atoms with Crippen LogP contribution in [0.5, 0.6) is 0 Å². The van der Waals surface area contributed by atoms with Crippen LogP contribution in [-0.2, 0) is 20.1 Å². The lowest BCUT2D eigenvalue weighted by atomic mass is 10.2. The minimum Gasteiger partial charge on any atom is -0.340 e. The summed E-state index contributed by atoms with van der Waals surface area (Å²) < 4.78 is 3.56. The van der Waals surface area contributed by atoms with Gasteiger partial charge in [0.1, 0.15) is 0 Å². The summed E-state index contributed by atoms with van der Waals surface area (Å²) in [4.78, 5) is 23.2. The van der Waals surface area contributed by atoms with Gasteiger partial charge in [0.05, 0.1) is 24.3 Å². The third-order valence-electron chi connectivity index (χ3n) is 4.85. The van der Waals surface area contributed by atoms with Gasteiger partial charge in [-0.05, 0) is 37.6 Å². The van der Waals surface area contributed by atoms with Crippen molar-refractivity contribution in [3.63, 3.8) is 0 Å². The van der Waals surface area contributed by atoms with Crippen molar-refractivity contribution in [2.45, 2.75) is 32.0 Å². The van der Waals surface area contributed by atoms with Crippen LogP contribution in [0.25, 0.3) is 11.3 Å². The fourth-order valence-electron chi connectivity index (χ4n) is 3.52. The molecule has 0 aliphatic carbocycles. The molecular formula is C19H22N6O. The second kappa shape index (κ2) is 7.21. The first-order chi connectivity index (χ1) is 12.7. The molecule has 3 aromatic heterocycles. The van der Waals surface area contributed by atoms with Gasteiger partial charge in [0.15, 0.2) is 0 Å². The van der Waals surface area contributed by atoms with Gasteiger partial charge in [-0.2, -0.15) is 5.10 Å². The van der Waals surface area contributed by atoms with Crippen LogP contribution in [-0.4, -0.2) is 41.8 Å². The molecule has 1 unspecified atom stereocenters. The molecule has 0 saturated carbocycles. The molecule has 7 nitrogen and oxygen atoms in total. The van der Waals surface area contributed by atoms with Crippen molar-refractivity contribution in [3.8, 4) is 11.3 Å². The van der Waals surface area contributed by atoms with E-state index in [0.717, 1.165) is 42.9 Å². The standard InChI is InChI=1S/C19H22N6O/c1-23-11-16(21-14-23)12-24-10-2-3-17(24)13-25-19(26)5-4-18(22-25)15-6-8-20-9-7-15/h4-9,11,14,17H,2-3,10,12-13H2,1H3. The Bertz CT molecular complexity index is 932. The van der Waals surface area contributed by atoms with E-state index >= 15 is 0 Å². The molecular weight excluding hydrogens is 328 g/mol. The molecule has 26 heavy (non-hydrogen) atoms. The minimum atomic E-state index is -0.0625. The van der Waals surface area contributed by atoms with Crippen molar-refractivity contribution in [1.82, 2.24) is 29.2 Å². The number of nitrogens with zero attached hydrogens (tertiary/aromatic N) is 6. The molecule has 1 aliphatic heterocycles. The van der Waals surface area contributed by atoms with Gasteiger partial charge >= 0.3 is 0 Å². The third-order valence-corrected chi connectivity index (χ3v) is 4.85. The number of imidazole rings is 1. The fourth-order valence-corrected chi connectivity index (χ4v) is 3.52. The van der Waals surface area contributed by atoms with Crippen LogP contribution in [0.4, 0.5) is 0 Å². The zero-order valence-electron chi connectivity index (χ0n) is 14.8. The maximum absolute atomic E-state index is 12.3. The Kier molecular flexibility index (Phi) is 4.62. The molecule has 1 aliphatic rings. The smallest absolute Gasteiger partial charge is 0.266 e. The highest BCUT2D eigenvalue weighted by atomic mass is 16.1. The van der Waals surface area contributed by atoms with Crippen molar-refractivity contribution >= 4 is 0 Å². The summed E-state index contributed by atoms with van der Waals surface area (Å²) in [5, 5.41) is 4.58. The first-order valence-electron chi connectivity index (χ1n) is 8.88. The van der Waals surface area contributed by atoms with Crippen LogP contribution in [0.2, 0.25) is 0 Å². The van der Waals surface area contributed by atoms with Crippen LogP contribution < -0.4 is 5.56 Å². The zero-order valence-corrected chi connectivity index (χ0v) is 14.8. The van der Waals surface area contributed by atoms with E-state index in [2.05, 4.69) is 20.0 Å². The van der Waals surface area contributed by atoms with Crippen LogP contribution in [0, 0.1) is 0 Å². The van der Waals surface area contributed by atoms with E-state index in [9.17, 15) is 4.79 Å². The Morgan fingerprint density at radius 1 is 1.19 bits per heavy atom. The Morgan fingerprint density at radius 2 is 2.04 bits per heavy atom. The predicted octanol–water partition coefficient (Wildman–Crippen LogP) is 1.70. The molecule has 3 aromatic rings. The van der Waals surface area contributed by atoms with Crippen molar-refractivity contribution in [2.24, 2.45) is 7.05 Å². The van der Waals surface area contributed by atoms with E-state index < -0.39 is 0 Å². The number of hydrogen-bond donors (Lipinski definition) is 0. The van der Waals surface area contributed by atoms with Crippen LogP contribution in [0.1, 0.15) is 18.5 Å². The van der Waals surface area contributed by atoms with Gasteiger partial charge in [-0.3, -0.25) is 14.7 Å². The van der Waals surface area contributed by atoms with Crippen LogP contribution in [0.3, 0.4) is 0 Å². The van der Waals surface area contributed by atoms with Gasteiger partial charge in [-0.1, -0.05) is 0 Å². The normalized spacial score (nSPS) is 17.7. The lowest BCUT2D eigenvalue weighted by Gasteiger charge is -2.23. The maximum atomic E-state index is 12.3. The van der Waals surface area contributed by atoms with E-state index in [4.69, 9.17) is 0 Å². The molecule has 0 spiro atoms. The zero-order chi connectivity index (χ0) is 17.9. The van der Waals surface area contributed by atoms with Gasteiger partial charge in [0, 0.05) is 49.9 Å². The van der Waals surface area contributed by atoms with E-state index in [1.807, 2.05) is 36.3 Å². The molecule has 4 rings (SSSR count). The summed E-state index contributed by atoms with van der Waals surface area (Å²) in [7, 11) is 1.98. The predicted molar refractivity (Wildman–Crippen MR) is 98.4 cm³/mol. The number of aryl methyl sites for hydroxylation is 1. The largest absolute Gasteiger partial charge is 0.340 e. The molecule has 134 valence electrons. The number of pyridine rings is 1. The van der Waals surface area contributed by atoms with Crippen molar-refractivity contribution in [3.05, 3.63) is 65.2 Å². The molecule has 0 radical (unpaired) electrons. The van der Waals surface area contributed by atoms with E-state index in [1.165, 1.54) is 0 Å². The summed E-state index contributed by atoms with van der Waals surface area (Å²) in [6.45, 7) is 2.44. The lowest BCUT2D eigenvalue weighted by Crippen LogP contribution is -2.36. The lowest BCUT2D eigenvalue weighted by molar-refractivity contribution is 0.215. The summed E-state index contributed by atoms with van der Waals surface area (Å²) in [5.41, 5.74) is 2.75. The number of hydrogen-bond acceptors (Lipinski definition) is 5. The quantitative estimate of drug-likeness (QED) is 0.701. The third kappa shape index (κ3) is 3.57. The van der Waals surface area contributed by atoms with E-state index in [-0.39, 0.29) is 5.56 Å². The summed E-state index contributed by atoms with van der Waals surface area (Å²) in [6.07, 6.45) is 9.54. The molecule has 4 heterocycles. The highest BCUT2D eigenvalue weighted by Gasteiger charge is 2.26. The molecule has 1 saturated heterocycles. The summed E-state index contributed by atoms with van der Waals surface area (Å²) in [5.74, 6) is 0. The Morgan fingerprint density at radius 3 is 2.81 bits per heavy atom. The van der Waals surface area contributed by atoms with Crippen molar-refractivity contribution in [1.29, 1.82) is 0 Å². The topological polar surface area (TPSA) is 68.8 Å². The van der Waals surface area contributed by atoms with E-state index in [0.29, 0.717) is 12.6 Å². The fraction of sp³-hybridized carbons (Fsp3) is 0.368. The molecule has 7 heteroatoms. The van der Waals surface area contributed by atoms with Crippen molar-refractivity contribution in [2.75, 3.05) is 6.54 Å². The average molecular weight is 350 g/mol. The van der Waals surface area contributed by atoms with E-state index in [1.54, 1.807) is 29.2 Å². The Balaban J connectivity index is 1.53. The van der Waals surface area contributed by atoms with Crippen LogP contribution >= 0.6 is 0 Å². The molecule has 1 atom stereocenters. The average Bonchev–Trinajstić information content (AvgIpc) is 3.27. The Labute approximate surface area is 151 Å². The van der Waals surface area contributed by atoms with Crippen molar-refractivity contribution < 1.29 is 0 Å². The second-order valence-corrected chi connectivity index (χ2v) is 6.77. The number of likely N-dealkylation sites (tertiary alicyclic amines) is 1. The number of rotatable bonds is 5. The van der Waals surface area contributed by atoms with Crippen LogP contribution in [0.15, 0.2) is 54.0 Å². The molecule has 0 aromatic carbocycles. The highest BCUT2D eigenvalue weighted by molar-refractivity contribution is 5.56. The van der Waals surface area contributed by atoms with Gasteiger partial charge in [-0.15, -0.1) is 0 Å². The van der Waals surface area contributed by atoms with Gasteiger partial charge in [-0.25, -0.2) is 9.67 Å². The SMILES string of the molecule is Cn1cnc(CN2CCCC2Cn2nc(-c3ccncc3)ccc2=O)c1. The Hall–Kier alpha value is -2.80. The van der Waals surface area contributed by atoms with Gasteiger partial charge < -0.3 is 4.57 Å². The van der Waals surface area contributed by atoms with Gasteiger partial charge in [0.25, 0.3) is 5.56 Å². The van der Waals surface area contributed by atoms with Gasteiger partial charge in [0.2, 0.25) is 0 Å². The summed E-state index contributed by atoms with van der Waals surface area (Å²) >= 11 is 0.